The van der Waals surface area contributed by atoms with Crippen molar-refractivity contribution in [2.75, 3.05) is 18.0 Å². The molecule has 0 aliphatic carbocycles. The van der Waals surface area contributed by atoms with Crippen LogP contribution in [-0.2, 0) is 4.74 Å². The van der Waals surface area contributed by atoms with Crippen LogP contribution in [0.5, 0.6) is 0 Å². The van der Waals surface area contributed by atoms with Crippen LogP contribution in [0.25, 0.3) is 0 Å². The zero-order valence-corrected chi connectivity index (χ0v) is 18.9. The number of para-hydroxylation sites is 1. The number of hydrogen-bond donors (Lipinski definition) is 1. The Labute approximate surface area is 183 Å². The van der Waals surface area contributed by atoms with Crippen molar-refractivity contribution in [3.63, 3.8) is 0 Å². The quantitative estimate of drug-likeness (QED) is 0.568. The molecule has 5 nitrogen and oxygen atoms in total. The van der Waals surface area contributed by atoms with Crippen molar-refractivity contribution < 1.29 is 14.3 Å². The first-order chi connectivity index (χ1) is 13.1. The summed E-state index contributed by atoms with van der Waals surface area (Å²) in [7, 11) is 0. The molecular formula is C20H21BrCl2N2O3. The highest BCUT2D eigenvalue weighted by atomic mass is 79.9. The number of carbonyl (C=O) groups is 2. The molecule has 28 heavy (non-hydrogen) atoms. The largest absolute Gasteiger partial charge is 0.444 e. The van der Waals surface area contributed by atoms with E-state index < -0.39 is 11.7 Å². The number of ether oxygens (including phenoxy) is 1. The van der Waals surface area contributed by atoms with Crippen molar-refractivity contribution in [1.82, 2.24) is 5.32 Å². The Bertz CT molecular complexity index is 869. The molecule has 0 bridgehead atoms. The molecule has 0 saturated carbocycles. The first kappa shape index (κ1) is 22.5. The average molecular weight is 488 g/mol. The van der Waals surface area contributed by atoms with Gasteiger partial charge in [0.25, 0.3) is 5.91 Å². The Hall–Kier alpha value is -1.76. The molecular weight excluding hydrogens is 467 g/mol. The fourth-order valence-corrected chi connectivity index (χ4v) is 3.22. The van der Waals surface area contributed by atoms with E-state index in [0.717, 1.165) is 0 Å². The van der Waals surface area contributed by atoms with Crippen LogP contribution in [0.15, 0.2) is 46.9 Å². The van der Waals surface area contributed by atoms with Gasteiger partial charge in [0.2, 0.25) is 0 Å². The summed E-state index contributed by atoms with van der Waals surface area (Å²) in [5.74, 6) is -0.298. The number of hydrogen-bond acceptors (Lipinski definition) is 3. The van der Waals surface area contributed by atoms with Gasteiger partial charge in [0, 0.05) is 22.6 Å². The van der Waals surface area contributed by atoms with Crippen LogP contribution in [0.2, 0.25) is 10.0 Å². The molecule has 2 amide bonds. The molecule has 0 aliphatic rings. The van der Waals surface area contributed by atoms with Crippen molar-refractivity contribution in [3.8, 4) is 0 Å². The number of anilines is 1. The third-order valence-corrected chi connectivity index (χ3v) is 4.80. The van der Waals surface area contributed by atoms with Crippen LogP contribution in [0, 0.1) is 0 Å². The first-order valence-corrected chi connectivity index (χ1v) is 10.1. The second-order valence-corrected chi connectivity index (χ2v) is 8.66. The summed E-state index contributed by atoms with van der Waals surface area (Å²) in [5.41, 5.74) is 0.324. The first-order valence-electron chi connectivity index (χ1n) is 8.57. The lowest BCUT2D eigenvalue weighted by atomic mass is 10.1. The Kier molecular flexibility index (Phi) is 7.75. The normalized spacial score (nSPS) is 11.1. The lowest BCUT2D eigenvalue weighted by Gasteiger charge is -2.25. The molecule has 0 radical (unpaired) electrons. The Morgan fingerprint density at radius 2 is 1.82 bits per heavy atom. The number of nitrogens with zero attached hydrogens (tertiary/aromatic N) is 1. The minimum atomic E-state index is -0.603. The van der Waals surface area contributed by atoms with Crippen LogP contribution < -0.4 is 10.2 Å². The molecule has 2 aromatic rings. The molecule has 0 heterocycles. The van der Waals surface area contributed by atoms with Gasteiger partial charge in [-0.15, -0.1) is 0 Å². The van der Waals surface area contributed by atoms with E-state index in [0.29, 0.717) is 25.8 Å². The van der Waals surface area contributed by atoms with Crippen LogP contribution in [0.4, 0.5) is 10.5 Å². The second-order valence-electron chi connectivity index (χ2n) is 6.96. The van der Waals surface area contributed by atoms with Crippen molar-refractivity contribution >= 4 is 56.8 Å². The van der Waals surface area contributed by atoms with Crippen molar-refractivity contribution in [2.45, 2.75) is 26.4 Å². The molecule has 1 N–H and O–H groups in total. The van der Waals surface area contributed by atoms with Crippen LogP contribution in [0.1, 0.15) is 31.1 Å². The van der Waals surface area contributed by atoms with Crippen molar-refractivity contribution in [1.29, 1.82) is 0 Å². The van der Waals surface area contributed by atoms with Gasteiger partial charge in [-0.1, -0.05) is 35.3 Å². The molecule has 2 rings (SSSR count). The fourth-order valence-electron chi connectivity index (χ4n) is 2.39. The summed E-state index contributed by atoms with van der Waals surface area (Å²) in [6.45, 7) is 5.72. The molecule has 0 aromatic heterocycles. The molecule has 8 heteroatoms. The van der Waals surface area contributed by atoms with Gasteiger partial charge >= 0.3 is 6.09 Å². The number of halogens is 3. The van der Waals surface area contributed by atoms with E-state index in [2.05, 4.69) is 21.2 Å². The molecule has 0 aliphatic heterocycles. The summed E-state index contributed by atoms with van der Waals surface area (Å²) in [4.78, 5) is 26.6. The zero-order chi connectivity index (χ0) is 20.9. The van der Waals surface area contributed by atoms with E-state index >= 15 is 0 Å². The number of rotatable bonds is 5. The van der Waals surface area contributed by atoms with E-state index in [4.69, 9.17) is 27.9 Å². The molecule has 0 atom stereocenters. The topological polar surface area (TPSA) is 58.6 Å². The maximum Gasteiger partial charge on any atom is 0.407 e. The molecule has 0 fully saturated rings. The highest BCUT2D eigenvalue weighted by molar-refractivity contribution is 9.10. The van der Waals surface area contributed by atoms with E-state index in [9.17, 15) is 9.59 Å². The molecule has 2 aromatic carbocycles. The Balaban J connectivity index is 2.23. The number of alkyl carbamates (subject to hydrolysis) is 1. The van der Waals surface area contributed by atoms with Gasteiger partial charge in [-0.25, -0.2) is 4.79 Å². The summed E-state index contributed by atoms with van der Waals surface area (Å²) in [6.07, 6.45) is -0.553. The minimum Gasteiger partial charge on any atom is -0.444 e. The SMILES string of the molecule is CC(C)(C)OC(=O)NCCN(C(=O)c1cc(Cl)ccc1Br)c1ccccc1Cl. The van der Waals surface area contributed by atoms with E-state index in [-0.39, 0.29) is 19.0 Å². The van der Waals surface area contributed by atoms with Gasteiger partial charge in [-0.05, 0) is 67.0 Å². The molecule has 150 valence electrons. The monoisotopic (exact) mass is 486 g/mol. The van der Waals surface area contributed by atoms with Crippen molar-refractivity contribution in [2.24, 2.45) is 0 Å². The van der Waals surface area contributed by atoms with E-state index in [1.807, 2.05) is 0 Å². The highest BCUT2D eigenvalue weighted by Gasteiger charge is 2.23. The lowest BCUT2D eigenvalue weighted by molar-refractivity contribution is 0.0528. The number of nitrogens with one attached hydrogen (secondary N) is 1. The summed E-state index contributed by atoms with van der Waals surface area (Å²) in [5, 5.41) is 3.52. The zero-order valence-electron chi connectivity index (χ0n) is 15.8. The highest BCUT2D eigenvalue weighted by Crippen LogP contribution is 2.29. The summed E-state index contributed by atoms with van der Waals surface area (Å²) in [6, 6.07) is 12.0. The minimum absolute atomic E-state index is 0.185. The van der Waals surface area contributed by atoms with E-state index in [1.165, 1.54) is 4.90 Å². The Morgan fingerprint density at radius 3 is 2.46 bits per heavy atom. The lowest BCUT2D eigenvalue weighted by Crippen LogP contribution is -2.40. The van der Waals surface area contributed by atoms with Gasteiger partial charge < -0.3 is 15.0 Å². The number of benzene rings is 2. The maximum absolute atomic E-state index is 13.2. The third kappa shape index (κ3) is 6.40. The van der Waals surface area contributed by atoms with Crippen LogP contribution >= 0.6 is 39.1 Å². The van der Waals surface area contributed by atoms with Gasteiger partial charge in [0.1, 0.15) is 5.60 Å². The van der Waals surface area contributed by atoms with Gasteiger partial charge in [-0.2, -0.15) is 0 Å². The molecule has 0 saturated heterocycles. The van der Waals surface area contributed by atoms with E-state index in [1.54, 1.807) is 63.2 Å². The van der Waals surface area contributed by atoms with Gasteiger partial charge in [-0.3, -0.25) is 4.79 Å². The summed E-state index contributed by atoms with van der Waals surface area (Å²) < 4.78 is 5.83. The average Bonchev–Trinajstić information content (AvgIpc) is 2.60. The summed E-state index contributed by atoms with van der Waals surface area (Å²) >= 11 is 15.8. The van der Waals surface area contributed by atoms with Gasteiger partial charge in [0.05, 0.1) is 16.3 Å². The van der Waals surface area contributed by atoms with Crippen LogP contribution in [0.3, 0.4) is 0 Å². The van der Waals surface area contributed by atoms with Crippen molar-refractivity contribution in [3.05, 3.63) is 62.5 Å². The smallest absolute Gasteiger partial charge is 0.407 e. The van der Waals surface area contributed by atoms with Crippen LogP contribution in [-0.4, -0.2) is 30.7 Å². The molecule has 0 spiro atoms. The molecule has 0 unspecified atom stereocenters. The predicted molar refractivity (Wildman–Crippen MR) is 117 cm³/mol. The standard InChI is InChI=1S/C20H21BrCl2N2O3/c1-20(2,3)28-19(27)24-10-11-25(17-7-5-4-6-16(17)23)18(26)14-12-13(22)8-9-15(14)21/h4-9,12H,10-11H2,1-3H3,(H,24,27). The maximum atomic E-state index is 13.2. The second kappa shape index (κ2) is 9.63. The predicted octanol–water partition coefficient (Wildman–Crippen LogP) is 5.93. The Morgan fingerprint density at radius 1 is 1.14 bits per heavy atom. The number of carbonyl (C=O) groups excluding carboxylic acids is 2. The third-order valence-electron chi connectivity index (χ3n) is 3.55. The number of amides is 2. The van der Waals surface area contributed by atoms with Gasteiger partial charge in [0.15, 0.2) is 0 Å². The fraction of sp³-hybridized carbons (Fsp3) is 0.300.